The number of nitrogens with zero attached hydrogens (tertiary/aromatic N) is 1. The molecule has 0 bridgehead atoms. The van der Waals surface area contributed by atoms with Crippen LogP contribution in [0.5, 0.6) is 11.5 Å². The molecule has 1 saturated heterocycles. The number of halogens is 1. The number of hydrogen-bond acceptors (Lipinski definition) is 3. The molecule has 0 aromatic heterocycles. The number of benzene rings is 2. The van der Waals surface area contributed by atoms with Gasteiger partial charge in [0.1, 0.15) is 11.5 Å². The van der Waals surface area contributed by atoms with E-state index in [0.29, 0.717) is 5.75 Å². The van der Waals surface area contributed by atoms with E-state index >= 15 is 0 Å². The Morgan fingerprint density at radius 1 is 1.07 bits per heavy atom. The standard InChI is InChI=1S/C23H26BrNO2/c24-21-5-3-19(16-22(21)26)14-18-8-11-25(12-9-18)10-7-17-4-6-23-20(15-17)2-1-13-27-23/h1,3-6,13,15-16,18,26H,2,7-12,14H2. The van der Waals surface area contributed by atoms with E-state index in [2.05, 4.69) is 51.2 Å². The van der Waals surface area contributed by atoms with E-state index in [-0.39, 0.29) is 0 Å². The summed E-state index contributed by atoms with van der Waals surface area (Å²) < 4.78 is 6.31. The summed E-state index contributed by atoms with van der Waals surface area (Å²) in [5.41, 5.74) is 3.94. The molecule has 0 saturated carbocycles. The van der Waals surface area contributed by atoms with Crippen LogP contribution < -0.4 is 4.74 Å². The molecule has 2 heterocycles. The van der Waals surface area contributed by atoms with Gasteiger partial charge in [0, 0.05) is 6.54 Å². The molecule has 0 atom stereocenters. The van der Waals surface area contributed by atoms with Gasteiger partial charge in [-0.1, -0.05) is 18.2 Å². The Labute approximate surface area is 169 Å². The van der Waals surface area contributed by atoms with E-state index in [4.69, 9.17) is 4.74 Å². The Morgan fingerprint density at radius 2 is 1.89 bits per heavy atom. The van der Waals surface area contributed by atoms with Gasteiger partial charge in [-0.15, -0.1) is 0 Å². The van der Waals surface area contributed by atoms with Crippen LogP contribution in [0.15, 0.2) is 53.2 Å². The minimum Gasteiger partial charge on any atom is -0.507 e. The van der Waals surface area contributed by atoms with E-state index in [1.165, 1.54) is 42.6 Å². The highest BCUT2D eigenvalue weighted by molar-refractivity contribution is 9.10. The molecule has 0 unspecified atom stereocenters. The zero-order valence-electron chi connectivity index (χ0n) is 15.5. The maximum absolute atomic E-state index is 9.86. The summed E-state index contributed by atoms with van der Waals surface area (Å²) in [5.74, 6) is 2.06. The Morgan fingerprint density at radius 3 is 2.70 bits per heavy atom. The number of allylic oxidation sites excluding steroid dienone is 1. The van der Waals surface area contributed by atoms with Gasteiger partial charge >= 0.3 is 0 Å². The Kier molecular flexibility index (Phi) is 5.84. The third-order valence-electron chi connectivity index (χ3n) is 5.71. The van der Waals surface area contributed by atoms with Crippen LogP contribution in [0.25, 0.3) is 0 Å². The van der Waals surface area contributed by atoms with Crippen molar-refractivity contribution in [3.63, 3.8) is 0 Å². The summed E-state index contributed by atoms with van der Waals surface area (Å²) in [6.45, 7) is 3.47. The minimum absolute atomic E-state index is 0.343. The first-order chi connectivity index (χ1) is 13.2. The second-order valence-electron chi connectivity index (χ2n) is 7.66. The van der Waals surface area contributed by atoms with E-state index in [1.807, 2.05) is 12.1 Å². The Hall–Kier alpha value is -1.78. The maximum Gasteiger partial charge on any atom is 0.130 e. The minimum atomic E-state index is 0.343. The number of piperidine rings is 1. The number of likely N-dealkylation sites (tertiary alicyclic amines) is 1. The van der Waals surface area contributed by atoms with Crippen molar-refractivity contribution in [2.24, 2.45) is 5.92 Å². The van der Waals surface area contributed by atoms with Gasteiger partial charge < -0.3 is 14.7 Å². The van der Waals surface area contributed by atoms with Gasteiger partial charge in [-0.05, 0) is 108 Å². The lowest BCUT2D eigenvalue weighted by Gasteiger charge is -2.32. The third-order valence-corrected chi connectivity index (χ3v) is 6.38. The van der Waals surface area contributed by atoms with Gasteiger partial charge in [0.05, 0.1) is 10.7 Å². The Bertz CT molecular complexity index is 825. The Balaban J connectivity index is 1.24. The van der Waals surface area contributed by atoms with Gasteiger partial charge in [0.2, 0.25) is 0 Å². The largest absolute Gasteiger partial charge is 0.507 e. The van der Waals surface area contributed by atoms with Gasteiger partial charge in [0.15, 0.2) is 0 Å². The predicted octanol–water partition coefficient (Wildman–Crippen LogP) is 5.10. The van der Waals surface area contributed by atoms with Gasteiger partial charge in [-0.3, -0.25) is 0 Å². The first-order valence-electron chi connectivity index (χ1n) is 9.80. The molecule has 0 radical (unpaired) electrons. The number of hydrogen-bond donors (Lipinski definition) is 1. The van der Waals surface area contributed by atoms with Gasteiger partial charge in [-0.25, -0.2) is 0 Å². The fraction of sp³-hybridized carbons (Fsp3) is 0.391. The van der Waals surface area contributed by atoms with Crippen LogP contribution in [0.2, 0.25) is 0 Å². The highest BCUT2D eigenvalue weighted by Gasteiger charge is 2.19. The second-order valence-corrected chi connectivity index (χ2v) is 8.52. The van der Waals surface area contributed by atoms with E-state index < -0.39 is 0 Å². The van der Waals surface area contributed by atoms with Crippen molar-refractivity contribution in [2.75, 3.05) is 19.6 Å². The van der Waals surface area contributed by atoms with Crippen molar-refractivity contribution in [3.8, 4) is 11.5 Å². The molecule has 0 amide bonds. The third kappa shape index (κ3) is 4.74. The number of phenols is 1. The molecule has 4 rings (SSSR count). The fourth-order valence-corrected chi connectivity index (χ4v) is 4.33. The van der Waals surface area contributed by atoms with Crippen molar-refractivity contribution >= 4 is 15.9 Å². The summed E-state index contributed by atoms with van der Waals surface area (Å²) in [6.07, 6.45) is 9.46. The molecule has 2 aromatic carbocycles. The molecule has 4 heteroatoms. The van der Waals surface area contributed by atoms with Crippen molar-refractivity contribution in [1.82, 2.24) is 4.90 Å². The average molecular weight is 428 g/mol. The molecule has 0 aliphatic carbocycles. The van der Waals surface area contributed by atoms with E-state index in [9.17, 15) is 5.11 Å². The molecule has 1 N–H and O–H groups in total. The van der Waals surface area contributed by atoms with Gasteiger partial charge in [-0.2, -0.15) is 0 Å². The summed E-state index contributed by atoms with van der Waals surface area (Å²) in [6, 6.07) is 12.6. The first kappa shape index (κ1) is 18.6. The molecule has 3 nitrogen and oxygen atoms in total. The van der Waals surface area contributed by atoms with Crippen molar-refractivity contribution in [3.05, 3.63) is 69.9 Å². The molecule has 142 valence electrons. The lowest BCUT2D eigenvalue weighted by atomic mass is 9.90. The SMILES string of the molecule is Oc1cc(CC2CCN(CCc3ccc4c(c3)CC=CO4)CC2)ccc1Br. The maximum atomic E-state index is 9.86. The van der Waals surface area contributed by atoms with E-state index in [0.717, 1.165) is 41.9 Å². The molecule has 2 aliphatic rings. The van der Waals surface area contributed by atoms with Gasteiger partial charge in [0.25, 0.3) is 0 Å². The van der Waals surface area contributed by atoms with Crippen LogP contribution in [0, 0.1) is 5.92 Å². The smallest absolute Gasteiger partial charge is 0.130 e. The fourth-order valence-electron chi connectivity index (χ4n) is 4.08. The summed E-state index contributed by atoms with van der Waals surface area (Å²) in [7, 11) is 0. The summed E-state index contributed by atoms with van der Waals surface area (Å²) >= 11 is 3.35. The molecular formula is C23H26BrNO2. The number of fused-ring (bicyclic) bond motifs is 1. The number of rotatable bonds is 5. The first-order valence-corrected chi connectivity index (χ1v) is 10.6. The molecule has 2 aromatic rings. The molecular weight excluding hydrogens is 402 g/mol. The molecule has 1 fully saturated rings. The average Bonchev–Trinajstić information content (AvgIpc) is 2.70. The zero-order valence-corrected chi connectivity index (χ0v) is 17.1. The predicted molar refractivity (Wildman–Crippen MR) is 112 cm³/mol. The van der Waals surface area contributed by atoms with Crippen LogP contribution in [-0.2, 0) is 19.3 Å². The van der Waals surface area contributed by atoms with Crippen LogP contribution in [0.3, 0.4) is 0 Å². The van der Waals surface area contributed by atoms with Crippen LogP contribution >= 0.6 is 15.9 Å². The lowest BCUT2D eigenvalue weighted by molar-refractivity contribution is 0.186. The van der Waals surface area contributed by atoms with Crippen molar-refractivity contribution in [1.29, 1.82) is 0 Å². The molecule has 27 heavy (non-hydrogen) atoms. The monoisotopic (exact) mass is 427 g/mol. The molecule has 2 aliphatic heterocycles. The van der Waals surface area contributed by atoms with Crippen LogP contribution in [-0.4, -0.2) is 29.6 Å². The highest BCUT2D eigenvalue weighted by atomic mass is 79.9. The topological polar surface area (TPSA) is 32.7 Å². The van der Waals surface area contributed by atoms with Crippen LogP contribution in [0.1, 0.15) is 29.5 Å². The normalized spacial score (nSPS) is 17.5. The molecule has 0 spiro atoms. The number of aromatic hydroxyl groups is 1. The number of phenolic OH excluding ortho intramolecular Hbond substituents is 1. The highest BCUT2D eigenvalue weighted by Crippen LogP contribution is 2.28. The zero-order chi connectivity index (χ0) is 18.6. The van der Waals surface area contributed by atoms with E-state index in [1.54, 1.807) is 6.26 Å². The number of ether oxygens (including phenoxy) is 1. The lowest BCUT2D eigenvalue weighted by Crippen LogP contribution is -2.35. The van der Waals surface area contributed by atoms with Crippen LogP contribution in [0.4, 0.5) is 0 Å². The van der Waals surface area contributed by atoms with Crippen molar-refractivity contribution in [2.45, 2.75) is 32.1 Å². The summed E-state index contributed by atoms with van der Waals surface area (Å²) in [4.78, 5) is 2.59. The second kappa shape index (κ2) is 8.49. The summed E-state index contributed by atoms with van der Waals surface area (Å²) in [5, 5.41) is 9.86. The quantitative estimate of drug-likeness (QED) is 0.719. The van der Waals surface area contributed by atoms with Crippen molar-refractivity contribution < 1.29 is 9.84 Å².